The maximum atomic E-state index is 13.4. The van der Waals surface area contributed by atoms with Crippen LogP contribution in [0, 0.1) is 5.92 Å². The second kappa shape index (κ2) is 9.82. The second-order valence-corrected chi connectivity index (χ2v) is 12.7. The molecule has 8 heteroatoms. The van der Waals surface area contributed by atoms with E-state index in [1.807, 2.05) is 36.4 Å². The molecule has 2 fully saturated rings. The van der Waals surface area contributed by atoms with E-state index in [4.69, 9.17) is 19.2 Å². The summed E-state index contributed by atoms with van der Waals surface area (Å²) in [7, 11) is -1.82. The van der Waals surface area contributed by atoms with Crippen LogP contribution in [0.1, 0.15) is 43.4 Å². The average Bonchev–Trinajstić information content (AvgIpc) is 3.37. The van der Waals surface area contributed by atoms with Gasteiger partial charge in [0.15, 0.2) is 21.3 Å². The molecule has 6 rings (SSSR count). The molecule has 2 aliphatic carbocycles. The Balaban J connectivity index is 1.18. The third-order valence-corrected chi connectivity index (χ3v) is 10.6. The summed E-state index contributed by atoms with van der Waals surface area (Å²) < 4.78 is 42.8. The smallest absolute Gasteiger partial charge is 0.231 e. The first-order chi connectivity index (χ1) is 18.4. The van der Waals surface area contributed by atoms with E-state index in [2.05, 4.69) is 0 Å². The quantitative estimate of drug-likeness (QED) is 0.386. The number of rotatable bonds is 9. The average molecular weight is 534 g/mol. The molecule has 3 aromatic rings. The molecule has 1 aromatic heterocycles. The lowest BCUT2D eigenvalue weighted by Crippen LogP contribution is -2.28. The highest BCUT2D eigenvalue weighted by molar-refractivity contribution is 7.92. The van der Waals surface area contributed by atoms with Crippen molar-refractivity contribution in [3.05, 3.63) is 71.9 Å². The minimum absolute atomic E-state index is 0.0352. The highest BCUT2D eigenvalue weighted by Crippen LogP contribution is 2.51. The summed E-state index contributed by atoms with van der Waals surface area (Å²) in [6.45, 7) is 0.672. The summed E-state index contributed by atoms with van der Waals surface area (Å²) in [6, 6.07) is 18.3. The number of fused-ring (bicyclic) bond motifs is 1. The normalized spacial score (nSPS) is 21.4. The molecule has 7 nitrogen and oxygen atoms in total. The molecular weight excluding hydrogens is 502 g/mol. The number of hydrogen-bond donors (Lipinski definition) is 0. The van der Waals surface area contributed by atoms with E-state index in [1.165, 1.54) is 0 Å². The Morgan fingerprint density at radius 1 is 1.03 bits per heavy atom. The van der Waals surface area contributed by atoms with Crippen LogP contribution in [0.5, 0.6) is 11.5 Å². The fraction of sp³-hybridized carbons (Fsp3) is 0.400. The van der Waals surface area contributed by atoms with Gasteiger partial charge in [0.25, 0.3) is 0 Å². The number of carbonyl (C=O) groups excluding carboxylic acids is 1. The number of carbonyl (C=O) groups is 1. The van der Waals surface area contributed by atoms with Crippen LogP contribution >= 0.6 is 0 Å². The van der Waals surface area contributed by atoms with Gasteiger partial charge in [0.1, 0.15) is 5.78 Å². The standard InChI is InChI=1S/C30H31NO6S/c1-35-18-21-4-2-7-28(21)38(33,34)24-11-8-20(9-12-24)25-6-3-5-23(31-25)17-29(32)30(14-15-30)22-10-13-26-27(16-22)37-19-36-26/h3,5-6,8-13,16,21,28H,2,4,7,14-15,17-19H2,1H3/t21-,28?/m1/s1. The molecular formula is C30H31NO6S. The van der Waals surface area contributed by atoms with Crippen molar-refractivity contribution in [3.8, 4) is 22.8 Å². The Labute approximate surface area is 223 Å². The summed E-state index contributed by atoms with van der Waals surface area (Å²) in [4.78, 5) is 18.5. The van der Waals surface area contributed by atoms with E-state index in [0.29, 0.717) is 40.8 Å². The predicted molar refractivity (Wildman–Crippen MR) is 142 cm³/mol. The van der Waals surface area contributed by atoms with Crippen LogP contribution < -0.4 is 9.47 Å². The lowest BCUT2D eigenvalue weighted by Gasteiger charge is -2.19. The molecule has 1 unspecified atom stereocenters. The van der Waals surface area contributed by atoms with Crippen LogP contribution in [-0.4, -0.2) is 44.9 Å². The largest absolute Gasteiger partial charge is 0.454 e. The van der Waals surface area contributed by atoms with E-state index in [9.17, 15) is 13.2 Å². The zero-order valence-electron chi connectivity index (χ0n) is 21.4. The molecule has 0 N–H and O–H groups in total. The molecule has 0 bridgehead atoms. The van der Waals surface area contributed by atoms with Gasteiger partial charge in [-0.15, -0.1) is 0 Å². The topological polar surface area (TPSA) is 91.8 Å². The number of ether oxygens (including phenoxy) is 3. The molecule has 1 aliphatic heterocycles. The van der Waals surface area contributed by atoms with Gasteiger partial charge in [0.05, 0.1) is 27.9 Å². The number of sulfone groups is 1. The van der Waals surface area contributed by atoms with Gasteiger partial charge in [-0.25, -0.2) is 8.42 Å². The number of ketones is 1. The molecule has 198 valence electrons. The lowest BCUT2D eigenvalue weighted by atomic mass is 9.88. The summed E-state index contributed by atoms with van der Waals surface area (Å²) in [5.74, 6) is 1.58. The Bertz CT molecular complexity index is 1460. The highest BCUT2D eigenvalue weighted by atomic mass is 32.2. The summed E-state index contributed by atoms with van der Waals surface area (Å²) in [6.07, 6.45) is 4.31. The second-order valence-electron chi connectivity index (χ2n) is 10.5. The summed E-state index contributed by atoms with van der Waals surface area (Å²) in [5, 5.41) is -0.403. The number of methoxy groups -OCH3 is 1. The van der Waals surface area contributed by atoms with E-state index in [0.717, 1.165) is 36.8 Å². The van der Waals surface area contributed by atoms with Crippen molar-refractivity contribution >= 4 is 15.6 Å². The molecule has 38 heavy (non-hydrogen) atoms. The van der Waals surface area contributed by atoms with Gasteiger partial charge in [-0.3, -0.25) is 9.78 Å². The van der Waals surface area contributed by atoms with Crippen molar-refractivity contribution in [1.82, 2.24) is 4.98 Å². The van der Waals surface area contributed by atoms with Gasteiger partial charge >= 0.3 is 0 Å². The zero-order valence-corrected chi connectivity index (χ0v) is 22.2. The highest BCUT2D eigenvalue weighted by Gasteiger charge is 2.51. The molecule has 2 aromatic carbocycles. The van der Waals surface area contributed by atoms with Gasteiger partial charge in [-0.05, 0) is 73.6 Å². The van der Waals surface area contributed by atoms with Crippen LogP contribution in [0.3, 0.4) is 0 Å². The maximum Gasteiger partial charge on any atom is 0.231 e. The van der Waals surface area contributed by atoms with Crippen LogP contribution in [-0.2, 0) is 31.2 Å². The Morgan fingerprint density at radius 2 is 1.82 bits per heavy atom. The fourth-order valence-corrected chi connectivity index (χ4v) is 7.99. The number of benzene rings is 2. The number of pyridine rings is 1. The molecule has 0 spiro atoms. The Kier molecular flexibility index (Phi) is 6.48. The van der Waals surface area contributed by atoms with Crippen molar-refractivity contribution < 1.29 is 27.4 Å². The number of nitrogens with zero attached hydrogens (tertiary/aromatic N) is 1. The predicted octanol–water partition coefficient (Wildman–Crippen LogP) is 4.91. The lowest BCUT2D eigenvalue weighted by molar-refractivity contribution is -0.120. The molecule has 2 saturated carbocycles. The van der Waals surface area contributed by atoms with Crippen LogP contribution in [0.15, 0.2) is 65.6 Å². The summed E-state index contributed by atoms with van der Waals surface area (Å²) >= 11 is 0. The molecule has 3 aliphatic rings. The first-order valence-corrected chi connectivity index (χ1v) is 14.7. The third kappa shape index (κ3) is 4.50. The Hall–Kier alpha value is -3.23. The van der Waals surface area contributed by atoms with E-state index >= 15 is 0 Å². The van der Waals surface area contributed by atoms with E-state index in [-0.39, 0.29) is 24.9 Å². The van der Waals surface area contributed by atoms with Gasteiger partial charge in [-0.1, -0.05) is 30.7 Å². The monoisotopic (exact) mass is 533 g/mol. The molecule has 2 heterocycles. The summed E-state index contributed by atoms with van der Waals surface area (Å²) in [5.41, 5.74) is 2.70. The van der Waals surface area contributed by atoms with Crippen LogP contribution in [0.4, 0.5) is 0 Å². The number of hydrogen-bond acceptors (Lipinski definition) is 7. The third-order valence-electron chi connectivity index (χ3n) is 8.20. The Morgan fingerprint density at radius 3 is 2.58 bits per heavy atom. The van der Waals surface area contributed by atoms with Crippen molar-refractivity contribution in [3.63, 3.8) is 0 Å². The molecule has 0 amide bonds. The molecule has 0 radical (unpaired) electrons. The molecule has 2 atom stereocenters. The van der Waals surface area contributed by atoms with Crippen LogP contribution in [0.2, 0.25) is 0 Å². The number of aromatic nitrogens is 1. The first-order valence-electron chi connectivity index (χ1n) is 13.1. The van der Waals surface area contributed by atoms with Crippen molar-refractivity contribution in [2.24, 2.45) is 5.92 Å². The minimum Gasteiger partial charge on any atom is -0.454 e. The fourth-order valence-electron chi connectivity index (χ4n) is 5.93. The maximum absolute atomic E-state index is 13.4. The van der Waals surface area contributed by atoms with Crippen molar-refractivity contribution in [2.45, 2.75) is 54.1 Å². The SMILES string of the molecule is COC[C@H]1CCCC1S(=O)(=O)c1ccc(-c2cccc(CC(=O)C3(c4ccc5c(c4)OCO5)CC3)n2)cc1. The van der Waals surface area contributed by atoms with Gasteiger partial charge in [-0.2, -0.15) is 0 Å². The van der Waals surface area contributed by atoms with Gasteiger partial charge < -0.3 is 14.2 Å². The van der Waals surface area contributed by atoms with Crippen molar-refractivity contribution in [1.29, 1.82) is 0 Å². The van der Waals surface area contributed by atoms with Gasteiger partial charge in [0, 0.05) is 24.8 Å². The van der Waals surface area contributed by atoms with Gasteiger partial charge in [0.2, 0.25) is 6.79 Å². The zero-order chi connectivity index (χ0) is 26.3. The van der Waals surface area contributed by atoms with Crippen LogP contribution in [0.25, 0.3) is 11.3 Å². The number of Topliss-reactive ketones (excluding diaryl/α,β-unsaturated/α-hetero) is 1. The van der Waals surface area contributed by atoms with Crippen molar-refractivity contribution in [2.75, 3.05) is 20.5 Å². The minimum atomic E-state index is -3.43. The molecule has 0 saturated heterocycles. The van der Waals surface area contributed by atoms with E-state index in [1.54, 1.807) is 31.4 Å². The van der Waals surface area contributed by atoms with E-state index < -0.39 is 20.5 Å². The first kappa shape index (κ1) is 25.1.